The normalized spacial score (nSPS) is 13.4. The van der Waals surface area contributed by atoms with Crippen molar-refractivity contribution in [1.82, 2.24) is 24.9 Å². The van der Waals surface area contributed by atoms with Crippen LogP contribution in [0.3, 0.4) is 0 Å². The lowest BCUT2D eigenvalue weighted by molar-refractivity contribution is -0.137. The number of fused-ring (bicyclic) bond motifs is 1. The van der Waals surface area contributed by atoms with E-state index in [2.05, 4.69) is 30.6 Å². The van der Waals surface area contributed by atoms with Crippen molar-refractivity contribution in [3.8, 4) is 34.0 Å². The molecule has 0 bridgehead atoms. The summed E-state index contributed by atoms with van der Waals surface area (Å²) in [5.41, 5.74) is 8.97. The van der Waals surface area contributed by atoms with Crippen LogP contribution in [0.25, 0.3) is 28.2 Å². The number of hydrogen-bond donors (Lipinski definition) is 3. The Kier molecular flexibility index (Phi) is 9.71. The van der Waals surface area contributed by atoms with E-state index in [-0.39, 0.29) is 11.6 Å². The number of rotatable bonds is 10. The van der Waals surface area contributed by atoms with E-state index in [0.717, 1.165) is 24.8 Å². The predicted molar refractivity (Wildman–Crippen MR) is 179 cm³/mol. The molecular formula is C34H35F3N8O4. The third kappa shape index (κ3) is 7.62. The van der Waals surface area contributed by atoms with Gasteiger partial charge in [-0.25, -0.2) is 19.3 Å². The Morgan fingerprint density at radius 2 is 1.80 bits per heavy atom. The standard InChI is InChI=1S/C34H35F3N8O4/c1-21-31(23-18-26(34(35,36)37)32(38)40-20-23)45-30(41-21)11-9-27(43-45)22-4-10-28(29(19-22)47-2)49-15-3-12-39-33(46)42-24-5-7-25(8-6-24)44-13-16-48-17-14-44/h4-11,18-20H,3,12-17H2,1-2H3,(H2,38,40)(H2,39,42,46). The van der Waals surface area contributed by atoms with Crippen molar-refractivity contribution in [3.05, 3.63) is 78.1 Å². The molecule has 12 nitrogen and oxygen atoms in total. The number of nitrogens with zero attached hydrogens (tertiary/aromatic N) is 5. The zero-order chi connectivity index (χ0) is 34.5. The number of carbonyl (C=O) groups is 1. The molecule has 1 fully saturated rings. The van der Waals surface area contributed by atoms with Crippen LogP contribution in [-0.2, 0) is 10.9 Å². The number of urea groups is 1. The molecule has 0 radical (unpaired) electrons. The van der Waals surface area contributed by atoms with Crippen LogP contribution >= 0.6 is 0 Å². The van der Waals surface area contributed by atoms with Crippen molar-refractivity contribution in [3.63, 3.8) is 0 Å². The second kappa shape index (κ2) is 14.3. The molecule has 0 atom stereocenters. The predicted octanol–water partition coefficient (Wildman–Crippen LogP) is 5.80. The molecule has 2 aromatic carbocycles. The number of benzene rings is 2. The van der Waals surface area contributed by atoms with Gasteiger partial charge in [-0.15, -0.1) is 0 Å². The third-order valence-corrected chi connectivity index (χ3v) is 7.97. The van der Waals surface area contributed by atoms with Crippen LogP contribution in [0.1, 0.15) is 17.7 Å². The molecule has 6 rings (SSSR count). The van der Waals surface area contributed by atoms with Gasteiger partial charge in [-0.3, -0.25) is 0 Å². The van der Waals surface area contributed by atoms with E-state index in [1.165, 1.54) is 17.8 Å². The number of hydrogen-bond acceptors (Lipinski definition) is 9. The summed E-state index contributed by atoms with van der Waals surface area (Å²) in [5.74, 6) is 0.364. The molecule has 1 aliphatic heterocycles. The number of imidazole rings is 1. The number of nitrogen functional groups attached to an aromatic ring is 1. The molecule has 15 heteroatoms. The van der Waals surface area contributed by atoms with Gasteiger partial charge in [-0.2, -0.15) is 18.3 Å². The minimum Gasteiger partial charge on any atom is -0.493 e. The van der Waals surface area contributed by atoms with Gasteiger partial charge in [0.15, 0.2) is 17.1 Å². The Morgan fingerprint density at radius 3 is 2.53 bits per heavy atom. The van der Waals surface area contributed by atoms with Gasteiger partial charge in [0, 0.05) is 48.3 Å². The fraction of sp³-hybridized carbons (Fsp3) is 0.294. The number of amides is 2. The molecule has 4 heterocycles. The first-order valence-electron chi connectivity index (χ1n) is 15.6. The van der Waals surface area contributed by atoms with Crippen molar-refractivity contribution in [2.75, 3.05) is 62.5 Å². The summed E-state index contributed by atoms with van der Waals surface area (Å²) in [7, 11) is 1.52. The van der Waals surface area contributed by atoms with Crippen molar-refractivity contribution < 1.29 is 32.2 Å². The molecule has 1 saturated heterocycles. The lowest BCUT2D eigenvalue weighted by Crippen LogP contribution is -2.36. The number of methoxy groups -OCH3 is 1. The first-order chi connectivity index (χ1) is 23.6. The molecule has 49 heavy (non-hydrogen) atoms. The van der Waals surface area contributed by atoms with Crippen molar-refractivity contribution in [2.45, 2.75) is 19.5 Å². The monoisotopic (exact) mass is 676 g/mol. The lowest BCUT2D eigenvalue weighted by atomic mass is 10.1. The molecule has 0 unspecified atom stereocenters. The van der Waals surface area contributed by atoms with E-state index in [0.29, 0.717) is 78.3 Å². The van der Waals surface area contributed by atoms with Crippen LogP contribution in [0.5, 0.6) is 11.5 Å². The molecule has 0 saturated carbocycles. The minimum absolute atomic E-state index is 0.183. The summed E-state index contributed by atoms with van der Waals surface area (Å²) in [4.78, 5) is 22.9. The van der Waals surface area contributed by atoms with E-state index in [1.807, 2.05) is 24.3 Å². The van der Waals surface area contributed by atoms with E-state index in [9.17, 15) is 18.0 Å². The van der Waals surface area contributed by atoms with Crippen molar-refractivity contribution >= 4 is 28.9 Å². The smallest absolute Gasteiger partial charge is 0.419 e. The molecule has 3 aromatic heterocycles. The number of alkyl halides is 3. The molecule has 0 aliphatic carbocycles. The summed E-state index contributed by atoms with van der Waals surface area (Å²) in [6, 6.07) is 17.2. The molecule has 1 aliphatic rings. The Bertz CT molecular complexity index is 1940. The van der Waals surface area contributed by atoms with E-state index in [1.54, 1.807) is 37.3 Å². The number of morpholine rings is 1. The zero-order valence-corrected chi connectivity index (χ0v) is 26.9. The van der Waals surface area contributed by atoms with Gasteiger partial charge < -0.3 is 35.5 Å². The van der Waals surface area contributed by atoms with Gasteiger partial charge in [0.1, 0.15) is 5.82 Å². The van der Waals surface area contributed by atoms with Gasteiger partial charge in [0.05, 0.1) is 49.6 Å². The highest BCUT2D eigenvalue weighted by Gasteiger charge is 2.34. The van der Waals surface area contributed by atoms with Gasteiger partial charge in [-0.1, -0.05) is 0 Å². The number of nitrogens with one attached hydrogen (secondary N) is 2. The van der Waals surface area contributed by atoms with Gasteiger partial charge in [0.2, 0.25) is 0 Å². The summed E-state index contributed by atoms with van der Waals surface area (Å²) in [6.07, 6.45) is -2.84. The van der Waals surface area contributed by atoms with Crippen LogP contribution in [0.4, 0.5) is 35.2 Å². The highest BCUT2D eigenvalue weighted by atomic mass is 19.4. The average molecular weight is 677 g/mol. The van der Waals surface area contributed by atoms with Gasteiger partial charge in [0.25, 0.3) is 0 Å². The van der Waals surface area contributed by atoms with Gasteiger partial charge in [-0.05, 0) is 74.0 Å². The highest BCUT2D eigenvalue weighted by Crippen LogP contribution is 2.37. The first kappa shape index (κ1) is 33.3. The number of aryl methyl sites for hydroxylation is 1. The van der Waals surface area contributed by atoms with Crippen LogP contribution < -0.4 is 30.7 Å². The van der Waals surface area contributed by atoms with Gasteiger partial charge >= 0.3 is 12.2 Å². The zero-order valence-electron chi connectivity index (χ0n) is 26.9. The molecule has 5 aromatic rings. The lowest BCUT2D eigenvalue weighted by Gasteiger charge is -2.28. The van der Waals surface area contributed by atoms with Crippen LogP contribution in [0.2, 0.25) is 0 Å². The second-order valence-electron chi connectivity index (χ2n) is 11.3. The Hall–Kier alpha value is -5.57. The SMILES string of the molecule is COc1cc(-c2ccc3nc(C)c(-c4cnc(N)c(C(F)(F)F)c4)n3n2)ccc1OCCCNC(=O)Nc1ccc(N2CCOCC2)cc1. The molecule has 2 amide bonds. The fourth-order valence-electron chi connectivity index (χ4n) is 5.52. The number of carbonyl (C=O) groups excluding carboxylic acids is 1. The Balaban J connectivity index is 1.06. The summed E-state index contributed by atoms with van der Waals surface area (Å²) >= 11 is 0. The average Bonchev–Trinajstić information content (AvgIpc) is 3.43. The Labute approximate surface area is 280 Å². The van der Waals surface area contributed by atoms with Crippen LogP contribution in [0, 0.1) is 6.92 Å². The number of anilines is 3. The van der Waals surface area contributed by atoms with Crippen molar-refractivity contribution in [1.29, 1.82) is 0 Å². The highest BCUT2D eigenvalue weighted by molar-refractivity contribution is 5.89. The number of ether oxygens (including phenoxy) is 3. The van der Waals surface area contributed by atoms with Crippen LogP contribution in [0.15, 0.2) is 66.9 Å². The topological polar surface area (TPSA) is 141 Å². The molecule has 0 spiro atoms. The third-order valence-electron chi connectivity index (χ3n) is 7.97. The van der Waals surface area contributed by atoms with E-state index >= 15 is 0 Å². The molecular weight excluding hydrogens is 641 g/mol. The summed E-state index contributed by atoms with van der Waals surface area (Å²) in [5, 5.41) is 10.4. The largest absolute Gasteiger partial charge is 0.493 e. The first-order valence-corrected chi connectivity index (χ1v) is 15.6. The minimum atomic E-state index is -4.66. The summed E-state index contributed by atoms with van der Waals surface area (Å²) in [6.45, 7) is 5.50. The fourth-order valence-corrected chi connectivity index (χ4v) is 5.52. The maximum absolute atomic E-state index is 13.5. The van der Waals surface area contributed by atoms with E-state index in [4.69, 9.17) is 19.9 Å². The number of halogens is 3. The summed E-state index contributed by atoms with van der Waals surface area (Å²) < 4.78 is 59.0. The molecule has 4 N–H and O–H groups in total. The number of pyridine rings is 1. The Morgan fingerprint density at radius 1 is 1.02 bits per heavy atom. The van der Waals surface area contributed by atoms with E-state index < -0.39 is 17.6 Å². The number of nitrogens with two attached hydrogens (primary N) is 1. The van der Waals surface area contributed by atoms with Crippen molar-refractivity contribution in [2.24, 2.45) is 0 Å². The second-order valence-corrected chi connectivity index (χ2v) is 11.3. The van der Waals surface area contributed by atoms with Crippen LogP contribution in [-0.4, -0.2) is 72.2 Å². The number of aromatic nitrogens is 4. The maximum Gasteiger partial charge on any atom is 0.419 e. The molecule has 256 valence electrons. The quantitative estimate of drug-likeness (QED) is 0.157. The maximum atomic E-state index is 13.5.